The first-order valence-corrected chi connectivity index (χ1v) is 7.09. The molecule has 0 bridgehead atoms. The summed E-state index contributed by atoms with van der Waals surface area (Å²) < 4.78 is 0. The SMILES string of the molecule is CCN(CC)C(CCN)C1CCNCCN1C. The Labute approximate surface area is 107 Å². The van der Waals surface area contributed by atoms with Crippen molar-refractivity contribution in [3.63, 3.8) is 0 Å². The van der Waals surface area contributed by atoms with Gasteiger partial charge in [0.05, 0.1) is 0 Å². The fourth-order valence-electron chi connectivity index (χ4n) is 2.98. The van der Waals surface area contributed by atoms with Crippen LogP contribution < -0.4 is 11.1 Å². The van der Waals surface area contributed by atoms with Gasteiger partial charge in [0, 0.05) is 25.2 Å². The highest BCUT2D eigenvalue weighted by molar-refractivity contribution is 4.87. The number of nitrogens with two attached hydrogens (primary N) is 1. The minimum absolute atomic E-state index is 0.611. The van der Waals surface area contributed by atoms with Gasteiger partial charge >= 0.3 is 0 Å². The highest BCUT2D eigenvalue weighted by atomic mass is 15.2. The zero-order valence-corrected chi connectivity index (χ0v) is 11.8. The first kappa shape index (κ1) is 14.9. The van der Waals surface area contributed by atoms with Gasteiger partial charge in [-0.15, -0.1) is 0 Å². The zero-order chi connectivity index (χ0) is 12.7. The Morgan fingerprint density at radius 2 is 2.06 bits per heavy atom. The Bertz CT molecular complexity index is 194. The first-order chi connectivity index (χ1) is 8.24. The van der Waals surface area contributed by atoms with Gasteiger partial charge in [0.1, 0.15) is 0 Å². The molecule has 1 heterocycles. The van der Waals surface area contributed by atoms with Gasteiger partial charge in [-0.3, -0.25) is 4.90 Å². The van der Waals surface area contributed by atoms with Crippen molar-refractivity contribution in [2.75, 3.05) is 46.3 Å². The van der Waals surface area contributed by atoms with E-state index in [0.29, 0.717) is 12.1 Å². The van der Waals surface area contributed by atoms with Crippen molar-refractivity contribution in [2.45, 2.75) is 38.8 Å². The molecule has 0 aromatic rings. The number of hydrogen-bond donors (Lipinski definition) is 2. The van der Waals surface area contributed by atoms with Crippen LogP contribution in [-0.4, -0.2) is 68.2 Å². The third-order valence-electron chi connectivity index (χ3n) is 4.01. The van der Waals surface area contributed by atoms with Gasteiger partial charge in [0.15, 0.2) is 0 Å². The van der Waals surface area contributed by atoms with Crippen molar-refractivity contribution in [1.82, 2.24) is 15.1 Å². The summed E-state index contributed by atoms with van der Waals surface area (Å²) in [6.45, 7) is 10.9. The summed E-state index contributed by atoms with van der Waals surface area (Å²) in [5.41, 5.74) is 5.81. The Hall–Kier alpha value is -0.160. The Morgan fingerprint density at radius 1 is 1.35 bits per heavy atom. The maximum Gasteiger partial charge on any atom is 0.0263 e. The van der Waals surface area contributed by atoms with E-state index in [1.165, 1.54) is 6.42 Å². The van der Waals surface area contributed by atoms with Crippen LogP contribution in [0.1, 0.15) is 26.7 Å². The third-order valence-corrected chi connectivity index (χ3v) is 4.01. The quantitative estimate of drug-likeness (QED) is 0.705. The molecule has 4 nitrogen and oxygen atoms in total. The molecule has 1 saturated heterocycles. The summed E-state index contributed by atoms with van der Waals surface area (Å²) in [5.74, 6) is 0. The molecule has 1 aliphatic rings. The number of nitrogens with one attached hydrogen (secondary N) is 1. The van der Waals surface area contributed by atoms with E-state index in [0.717, 1.165) is 45.7 Å². The van der Waals surface area contributed by atoms with Gasteiger partial charge in [-0.1, -0.05) is 13.8 Å². The lowest BCUT2D eigenvalue weighted by Crippen LogP contribution is -2.51. The van der Waals surface area contributed by atoms with E-state index < -0.39 is 0 Å². The molecular weight excluding hydrogens is 212 g/mol. The molecule has 0 aromatic heterocycles. The molecule has 0 aromatic carbocycles. The fraction of sp³-hybridized carbons (Fsp3) is 1.00. The van der Waals surface area contributed by atoms with Crippen LogP contribution in [0.15, 0.2) is 0 Å². The second-order valence-corrected chi connectivity index (χ2v) is 4.95. The van der Waals surface area contributed by atoms with E-state index in [4.69, 9.17) is 5.73 Å². The van der Waals surface area contributed by atoms with E-state index in [2.05, 4.69) is 36.0 Å². The van der Waals surface area contributed by atoms with Gasteiger partial charge in [-0.05, 0) is 46.1 Å². The second-order valence-electron chi connectivity index (χ2n) is 4.95. The topological polar surface area (TPSA) is 44.5 Å². The number of likely N-dealkylation sites (N-methyl/N-ethyl adjacent to an activating group) is 2. The summed E-state index contributed by atoms with van der Waals surface area (Å²) >= 11 is 0. The van der Waals surface area contributed by atoms with Gasteiger partial charge in [-0.25, -0.2) is 0 Å². The van der Waals surface area contributed by atoms with E-state index in [1.54, 1.807) is 0 Å². The van der Waals surface area contributed by atoms with Crippen LogP contribution >= 0.6 is 0 Å². The summed E-state index contributed by atoms with van der Waals surface area (Å²) in [7, 11) is 2.25. The Morgan fingerprint density at radius 3 is 2.65 bits per heavy atom. The van der Waals surface area contributed by atoms with Crippen LogP contribution in [0.2, 0.25) is 0 Å². The molecule has 0 amide bonds. The van der Waals surface area contributed by atoms with Crippen molar-refractivity contribution in [1.29, 1.82) is 0 Å². The molecule has 0 aliphatic carbocycles. The molecule has 0 radical (unpaired) electrons. The average Bonchev–Trinajstić information content (AvgIpc) is 2.54. The van der Waals surface area contributed by atoms with E-state index in [-0.39, 0.29) is 0 Å². The van der Waals surface area contributed by atoms with Crippen molar-refractivity contribution >= 4 is 0 Å². The molecule has 4 heteroatoms. The Balaban J connectivity index is 2.71. The van der Waals surface area contributed by atoms with E-state index in [9.17, 15) is 0 Å². The lowest BCUT2D eigenvalue weighted by Gasteiger charge is -2.39. The molecule has 1 fully saturated rings. The molecule has 3 N–H and O–H groups in total. The molecule has 0 saturated carbocycles. The number of hydrogen-bond acceptors (Lipinski definition) is 4. The normalized spacial score (nSPS) is 24.9. The maximum atomic E-state index is 5.81. The van der Waals surface area contributed by atoms with Crippen LogP contribution in [0.25, 0.3) is 0 Å². The van der Waals surface area contributed by atoms with Crippen LogP contribution in [-0.2, 0) is 0 Å². The maximum absolute atomic E-state index is 5.81. The van der Waals surface area contributed by atoms with Crippen molar-refractivity contribution < 1.29 is 0 Å². The van der Waals surface area contributed by atoms with Crippen molar-refractivity contribution in [3.8, 4) is 0 Å². The fourth-order valence-corrected chi connectivity index (χ4v) is 2.98. The summed E-state index contributed by atoms with van der Waals surface area (Å²) in [6, 6.07) is 1.26. The first-order valence-electron chi connectivity index (χ1n) is 7.09. The van der Waals surface area contributed by atoms with E-state index >= 15 is 0 Å². The van der Waals surface area contributed by atoms with Gasteiger partial charge < -0.3 is 16.0 Å². The minimum atomic E-state index is 0.611. The minimum Gasteiger partial charge on any atom is -0.330 e. The summed E-state index contributed by atoms with van der Waals surface area (Å²) in [4.78, 5) is 5.08. The highest BCUT2D eigenvalue weighted by Crippen LogP contribution is 2.17. The molecule has 2 atom stereocenters. The second kappa shape index (κ2) is 8.03. The average molecular weight is 242 g/mol. The van der Waals surface area contributed by atoms with Crippen LogP contribution in [0.3, 0.4) is 0 Å². The monoisotopic (exact) mass is 242 g/mol. The molecule has 1 rings (SSSR count). The van der Waals surface area contributed by atoms with Gasteiger partial charge in [0.25, 0.3) is 0 Å². The Kier molecular flexibility index (Phi) is 7.04. The van der Waals surface area contributed by atoms with Crippen LogP contribution in [0.4, 0.5) is 0 Å². The predicted octanol–water partition coefficient (Wildman–Crippen LogP) is 0.339. The van der Waals surface area contributed by atoms with Crippen LogP contribution in [0.5, 0.6) is 0 Å². The van der Waals surface area contributed by atoms with E-state index in [1.807, 2.05) is 0 Å². The standard InChI is InChI=1S/C13H30N4/c1-4-17(5-2)13(6-8-14)12-7-9-15-10-11-16(12)3/h12-13,15H,4-11,14H2,1-3H3. The predicted molar refractivity (Wildman–Crippen MR) is 74.3 cm³/mol. The van der Waals surface area contributed by atoms with Gasteiger partial charge in [-0.2, -0.15) is 0 Å². The molecule has 17 heavy (non-hydrogen) atoms. The molecule has 1 aliphatic heterocycles. The molecule has 0 spiro atoms. The number of rotatable bonds is 6. The van der Waals surface area contributed by atoms with Crippen LogP contribution in [0, 0.1) is 0 Å². The molecular formula is C13H30N4. The largest absolute Gasteiger partial charge is 0.330 e. The summed E-state index contributed by atoms with van der Waals surface area (Å²) in [5, 5.41) is 3.49. The summed E-state index contributed by atoms with van der Waals surface area (Å²) in [6.07, 6.45) is 2.34. The van der Waals surface area contributed by atoms with Crippen molar-refractivity contribution in [3.05, 3.63) is 0 Å². The third kappa shape index (κ3) is 4.21. The van der Waals surface area contributed by atoms with Crippen molar-refractivity contribution in [2.24, 2.45) is 5.73 Å². The number of nitrogens with zero attached hydrogens (tertiary/aromatic N) is 2. The highest BCUT2D eigenvalue weighted by Gasteiger charge is 2.29. The lowest BCUT2D eigenvalue weighted by atomic mass is 9.98. The molecule has 2 unspecified atom stereocenters. The smallest absolute Gasteiger partial charge is 0.0263 e. The molecule has 102 valence electrons. The zero-order valence-electron chi connectivity index (χ0n) is 11.8. The van der Waals surface area contributed by atoms with Gasteiger partial charge in [0.2, 0.25) is 0 Å². The lowest BCUT2D eigenvalue weighted by molar-refractivity contribution is 0.0987.